The third-order valence-corrected chi connectivity index (χ3v) is 10.9. The van der Waals surface area contributed by atoms with Crippen molar-refractivity contribution >= 4 is 33.0 Å². The van der Waals surface area contributed by atoms with Gasteiger partial charge >= 0.3 is 0 Å². The van der Waals surface area contributed by atoms with Crippen LogP contribution in [0.25, 0.3) is 83.7 Å². The SMILES string of the molecule is Cc1nc(-c2ccccc2)cc2nc(-c3[c-]ccc4c3oc3ccccc34)n(-c3c(C(C)C)cccc3C(C)C)c12.[Ir].[c-]1ccccc1-c1cc(-c2ccccc2)ccn1. The average Bonchev–Trinajstić information content (AvgIpc) is 3.86. The van der Waals surface area contributed by atoms with Crippen molar-refractivity contribution in [3.05, 3.63) is 193 Å². The van der Waals surface area contributed by atoms with Gasteiger partial charge in [-0.05, 0) is 64.9 Å². The maximum Gasteiger partial charge on any atom is 0.120 e. The van der Waals surface area contributed by atoms with Crippen molar-refractivity contribution < 1.29 is 24.5 Å². The van der Waals surface area contributed by atoms with Crippen LogP contribution in [-0.2, 0) is 20.1 Å². The summed E-state index contributed by atoms with van der Waals surface area (Å²) in [7, 11) is 0. The number of hydrogen-bond acceptors (Lipinski definition) is 4. The van der Waals surface area contributed by atoms with Crippen molar-refractivity contribution in [2.24, 2.45) is 0 Å². The van der Waals surface area contributed by atoms with Crippen molar-refractivity contribution in [1.29, 1.82) is 0 Å². The van der Waals surface area contributed by atoms with Crippen LogP contribution in [0.15, 0.2) is 168 Å². The molecule has 10 aromatic rings. The second kappa shape index (κ2) is 17.4. The van der Waals surface area contributed by atoms with E-state index in [1.165, 1.54) is 27.9 Å². The fourth-order valence-corrected chi connectivity index (χ4v) is 7.99. The van der Waals surface area contributed by atoms with Crippen LogP contribution >= 0.6 is 0 Å². The number of imidazole rings is 1. The van der Waals surface area contributed by atoms with E-state index >= 15 is 0 Å². The second-order valence-corrected chi connectivity index (χ2v) is 15.5. The Balaban J connectivity index is 0.000000220. The van der Waals surface area contributed by atoms with Gasteiger partial charge in [0.1, 0.15) is 5.58 Å². The molecule has 0 fully saturated rings. The molecule has 4 heterocycles. The Bertz CT molecular complexity index is 2980. The molecule has 297 valence electrons. The Morgan fingerprint density at radius 3 is 1.97 bits per heavy atom. The first kappa shape index (κ1) is 40.3. The molecule has 6 aromatic carbocycles. The number of aryl methyl sites for hydroxylation is 1. The third kappa shape index (κ3) is 7.73. The van der Waals surface area contributed by atoms with E-state index in [9.17, 15) is 0 Å². The first-order chi connectivity index (χ1) is 28.9. The largest absolute Gasteiger partial charge is 0.501 e. The fraction of sp³-hybridized carbons (Fsp3) is 0.130. The van der Waals surface area contributed by atoms with Gasteiger partial charge in [0.25, 0.3) is 0 Å². The van der Waals surface area contributed by atoms with Crippen LogP contribution in [0.4, 0.5) is 0 Å². The number of pyridine rings is 2. The fourth-order valence-electron chi connectivity index (χ4n) is 7.99. The molecule has 0 aliphatic rings. The molecule has 0 unspecified atom stereocenters. The van der Waals surface area contributed by atoms with E-state index in [1.54, 1.807) is 0 Å². The zero-order chi connectivity index (χ0) is 40.5. The van der Waals surface area contributed by atoms with Gasteiger partial charge in [0, 0.05) is 42.9 Å². The number of benzene rings is 6. The molecular weight excluding hydrogens is 913 g/mol. The van der Waals surface area contributed by atoms with Crippen LogP contribution in [0.2, 0.25) is 0 Å². The molecular formula is C54H44IrN4O-2. The quantitative estimate of drug-likeness (QED) is 0.149. The van der Waals surface area contributed by atoms with Gasteiger partial charge in [0.15, 0.2) is 0 Å². The summed E-state index contributed by atoms with van der Waals surface area (Å²) in [6.45, 7) is 11.1. The molecule has 0 aliphatic heterocycles. The van der Waals surface area contributed by atoms with Crippen molar-refractivity contribution in [2.45, 2.75) is 46.5 Å². The molecule has 0 aliphatic carbocycles. The molecule has 10 rings (SSSR count). The van der Waals surface area contributed by atoms with E-state index in [0.717, 1.165) is 72.6 Å². The molecule has 60 heavy (non-hydrogen) atoms. The number of aromatic nitrogens is 4. The minimum absolute atomic E-state index is 0. The van der Waals surface area contributed by atoms with E-state index in [2.05, 4.69) is 129 Å². The smallest absolute Gasteiger partial charge is 0.120 e. The molecule has 5 nitrogen and oxygen atoms in total. The molecule has 1 radical (unpaired) electrons. The van der Waals surface area contributed by atoms with Gasteiger partial charge in [-0.25, -0.2) is 0 Å². The zero-order valence-corrected chi connectivity index (χ0v) is 36.7. The van der Waals surface area contributed by atoms with Gasteiger partial charge < -0.3 is 14.0 Å². The van der Waals surface area contributed by atoms with Gasteiger partial charge in [-0.15, -0.1) is 54.1 Å². The van der Waals surface area contributed by atoms with Gasteiger partial charge in [-0.3, -0.25) is 9.97 Å². The van der Waals surface area contributed by atoms with E-state index in [0.29, 0.717) is 11.8 Å². The molecule has 0 saturated heterocycles. The molecule has 0 bridgehead atoms. The standard InChI is InChI=1S/C37H32N3O.C17H12N.Ir/c1-22(2)26-16-11-17-27(23(3)4)35(26)40-34-24(5)38-31(25-13-7-6-8-14-25)21-32(34)39-37(40)30-19-12-18-29-28-15-9-10-20-33(28)41-36(29)30;1-3-7-14(8-4-1)16-11-12-18-17(13-16)15-9-5-2-6-10-15;/h6-18,20-23H,1-5H3;1-9,11-13H;/q2*-1;. The topological polar surface area (TPSA) is 56.7 Å². The Morgan fingerprint density at radius 2 is 1.27 bits per heavy atom. The van der Waals surface area contributed by atoms with Crippen LogP contribution in [0.3, 0.4) is 0 Å². The number of furan rings is 1. The van der Waals surface area contributed by atoms with Gasteiger partial charge in [0.05, 0.1) is 33.8 Å². The summed E-state index contributed by atoms with van der Waals surface area (Å²) in [5, 5.41) is 2.16. The predicted molar refractivity (Wildman–Crippen MR) is 243 cm³/mol. The number of hydrogen-bond donors (Lipinski definition) is 0. The van der Waals surface area contributed by atoms with Gasteiger partial charge in [-0.2, -0.15) is 0 Å². The Kier molecular flexibility index (Phi) is 11.7. The van der Waals surface area contributed by atoms with Crippen LogP contribution in [0.5, 0.6) is 0 Å². The molecule has 6 heteroatoms. The normalized spacial score (nSPS) is 11.2. The summed E-state index contributed by atoms with van der Waals surface area (Å²) in [5.41, 5.74) is 15.4. The minimum Gasteiger partial charge on any atom is -0.501 e. The van der Waals surface area contributed by atoms with Crippen molar-refractivity contribution in [3.8, 4) is 50.7 Å². The maximum absolute atomic E-state index is 6.50. The molecule has 0 atom stereocenters. The van der Waals surface area contributed by atoms with Crippen molar-refractivity contribution in [3.63, 3.8) is 0 Å². The molecule has 0 spiro atoms. The van der Waals surface area contributed by atoms with Crippen LogP contribution in [0, 0.1) is 19.1 Å². The summed E-state index contributed by atoms with van der Waals surface area (Å²) < 4.78 is 8.83. The van der Waals surface area contributed by atoms with Crippen LogP contribution in [0.1, 0.15) is 56.4 Å². The second-order valence-electron chi connectivity index (χ2n) is 15.5. The number of fused-ring (bicyclic) bond motifs is 4. The third-order valence-electron chi connectivity index (χ3n) is 10.9. The van der Waals surface area contributed by atoms with Crippen molar-refractivity contribution in [2.75, 3.05) is 0 Å². The van der Waals surface area contributed by atoms with Crippen LogP contribution < -0.4 is 0 Å². The molecule has 0 saturated carbocycles. The summed E-state index contributed by atoms with van der Waals surface area (Å²) in [4.78, 5) is 14.9. The first-order valence-corrected chi connectivity index (χ1v) is 20.2. The molecule has 0 N–H and O–H groups in total. The van der Waals surface area contributed by atoms with E-state index in [4.69, 9.17) is 14.4 Å². The van der Waals surface area contributed by atoms with Gasteiger partial charge in [-0.1, -0.05) is 142 Å². The summed E-state index contributed by atoms with van der Waals surface area (Å²) in [5.74, 6) is 1.45. The molecule has 4 aromatic heterocycles. The molecule has 0 amide bonds. The Labute approximate surface area is 365 Å². The summed E-state index contributed by atoms with van der Waals surface area (Å²) in [6.07, 6.45) is 1.85. The zero-order valence-electron chi connectivity index (χ0n) is 34.3. The monoisotopic (exact) mass is 957 g/mol. The minimum atomic E-state index is 0. The summed E-state index contributed by atoms with van der Waals surface area (Å²) >= 11 is 0. The first-order valence-electron chi connectivity index (χ1n) is 20.2. The number of para-hydroxylation sites is 2. The van der Waals surface area contributed by atoms with Crippen LogP contribution in [-0.4, -0.2) is 19.5 Å². The Hall–Kier alpha value is -6.46. The number of nitrogens with zero attached hydrogens (tertiary/aromatic N) is 4. The summed E-state index contributed by atoms with van der Waals surface area (Å²) in [6, 6.07) is 60.4. The average molecular weight is 957 g/mol. The van der Waals surface area contributed by atoms with E-state index in [1.807, 2.05) is 91.1 Å². The predicted octanol–water partition coefficient (Wildman–Crippen LogP) is 14.2. The van der Waals surface area contributed by atoms with Crippen molar-refractivity contribution in [1.82, 2.24) is 19.5 Å². The van der Waals surface area contributed by atoms with Gasteiger partial charge in [0.2, 0.25) is 0 Å². The Morgan fingerprint density at radius 1 is 0.583 bits per heavy atom. The maximum atomic E-state index is 6.50. The number of rotatable bonds is 7. The van der Waals surface area contributed by atoms with E-state index in [-0.39, 0.29) is 20.1 Å². The van der Waals surface area contributed by atoms with E-state index < -0.39 is 0 Å².